The summed E-state index contributed by atoms with van der Waals surface area (Å²) >= 11 is 0. The highest BCUT2D eigenvalue weighted by molar-refractivity contribution is 5.75. The molecule has 1 aromatic carbocycles. The molecule has 1 aromatic rings. The Bertz CT molecular complexity index is 382. The summed E-state index contributed by atoms with van der Waals surface area (Å²) in [5, 5.41) is 12.4. The largest absolute Gasteiger partial charge is 0.480 e. The molecule has 17 heavy (non-hydrogen) atoms. The van der Waals surface area contributed by atoms with E-state index in [1.54, 1.807) is 0 Å². The number of carbonyl (C=O) groups is 1. The SMILES string of the molecule is CCc1ccc(C(NCC2CC2)C(=O)O)cc1. The predicted octanol–water partition coefficient (Wildman–Crippen LogP) is 2.37. The summed E-state index contributed by atoms with van der Waals surface area (Å²) < 4.78 is 0. The summed E-state index contributed by atoms with van der Waals surface area (Å²) in [6, 6.07) is 7.27. The van der Waals surface area contributed by atoms with Crippen LogP contribution in [-0.4, -0.2) is 17.6 Å². The Labute approximate surface area is 102 Å². The lowest BCUT2D eigenvalue weighted by molar-refractivity contribution is -0.139. The van der Waals surface area contributed by atoms with Crippen LogP contribution in [0.5, 0.6) is 0 Å². The van der Waals surface area contributed by atoms with Gasteiger partial charge in [-0.1, -0.05) is 31.2 Å². The first-order valence-corrected chi connectivity index (χ1v) is 6.25. The normalized spacial score (nSPS) is 16.8. The van der Waals surface area contributed by atoms with Crippen LogP contribution in [0.1, 0.15) is 36.9 Å². The third-order valence-corrected chi connectivity index (χ3v) is 3.28. The molecule has 0 bridgehead atoms. The Kier molecular flexibility index (Phi) is 3.79. The molecule has 3 heteroatoms. The van der Waals surface area contributed by atoms with Gasteiger partial charge in [-0.25, -0.2) is 0 Å². The number of hydrogen-bond donors (Lipinski definition) is 2. The van der Waals surface area contributed by atoms with E-state index in [1.807, 2.05) is 24.3 Å². The number of rotatable bonds is 6. The van der Waals surface area contributed by atoms with Crippen LogP contribution in [0, 0.1) is 5.92 Å². The van der Waals surface area contributed by atoms with Gasteiger partial charge in [0.2, 0.25) is 0 Å². The summed E-state index contributed by atoms with van der Waals surface area (Å²) in [4.78, 5) is 11.2. The quantitative estimate of drug-likeness (QED) is 0.793. The van der Waals surface area contributed by atoms with Crippen molar-refractivity contribution in [1.82, 2.24) is 5.32 Å². The lowest BCUT2D eigenvalue weighted by Gasteiger charge is -2.15. The maximum absolute atomic E-state index is 11.2. The third-order valence-electron chi connectivity index (χ3n) is 3.28. The summed E-state index contributed by atoms with van der Waals surface area (Å²) in [6.07, 6.45) is 3.44. The Morgan fingerprint density at radius 3 is 2.53 bits per heavy atom. The molecule has 1 aliphatic carbocycles. The van der Waals surface area contributed by atoms with Gasteiger partial charge in [0.15, 0.2) is 0 Å². The number of aryl methyl sites for hydroxylation is 1. The van der Waals surface area contributed by atoms with Crippen LogP contribution in [0.15, 0.2) is 24.3 Å². The molecular weight excluding hydrogens is 214 g/mol. The van der Waals surface area contributed by atoms with Gasteiger partial charge in [-0.3, -0.25) is 4.79 Å². The molecule has 0 spiro atoms. The molecule has 1 atom stereocenters. The maximum atomic E-state index is 11.2. The fourth-order valence-electron chi connectivity index (χ4n) is 1.90. The summed E-state index contributed by atoms with van der Waals surface area (Å²) in [6.45, 7) is 2.90. The van der Waals surface area contributed by atoms with E-state index in [1.165, 1.54) is 18.4 Å². The van der Waals surface area contributed by atoms with Gasteiger partial charge in [0, 0.05) is 0 Å². The molecule has 0 saturated heterocycles. The molecule has 0 radical (unpaired) electrons. The first-order valence-electron chi connectivity index (χ1n) is 6.25. The van der Waals surface area contributed by atoms with Gasteiger partial charge >= 0.3 is 5.97 Å². The van der Waals surface area contributed by atoms with E-state index in [4.69, 9.17) is 0 Å². The summed E-state index contributed by atoms with van der Waals surface area (Å²) in [7, 11) is 0. The van der Waals surface area contributed by atoms with Crippen molar-refractivity contribution in [2.45, 2.75) is 32.2 Å². The second kappa shape index (κ2) is 5.32. The van der Waals surface area contributed by atoms with E-state index < -0.39 is 12.0 Å². The van der Waals surface area contributed by atoms with E-state index in [2.05, 4.69) is 12.2 Å². The predicted molar refractivity (Wildman–Crippen MR) is 66.9 cm³/mol. The van der Waals surface area contributed by atoms with Gasteiger partial charge in [-0.2, -0.15) is 0 Å². The monoisotopic (exact) mass is 233 g/mol. The zero-order chi connectivity index (χ0) is 12.3. The number of hydrogen-bond acceptors (Lipinski definition) is 2. The van der Waals surface area contributed by atoms with Crippen molar-refractivity contribution in [1.29, 1.82) is 0 Å². The Balaban J connectivity index is 2.04. The van der Waals surface area contributed by atoms with Crippen molar-refractivity contribution in [3.05, 3.63) is 35.4 Å². The standard InChI is InChI=1S/C14H19NO2/c1-2-10-5-7-12(8-6-10)13(14(16)17)15-9-11-3-4-11/h5-8,11,13,15H,2-4,9H2,1H3,(H,16,17). The minimum Gasteiger partial charge on any atom is -0.480 e. The van der Waals surface area contributed by atoms with Crippen molar-refractivity contribution >= 4 is 5.97 Å². The summed E-state index contributed by atoms with van der Waals surface area (Å²) in [5.41, 5.74) is 2.08. The average molecular weight is 233 g/mol. The first kappa shape index (κ1) is 12.1. The number of benzene rings is 1. The van der Waals surface area contributed by atoms with Crippen LogP contribution in [-0.2, 0) is 11.2 Å². The van der Waals surface area contributed by atoms with Crippen LogP contribution < -0.4 is 5.32 Å². The second-order valence-electron chi connectivity index (χ2n) is 4.72. The van der Waals surface area contributed by atoms with Crippen LogP contribution in [0.2, 0.25) is 0 Å². The Morgan fingerprint density at radius 2 is 2.06 bits per heavy atom. The highest BCUT2D eigenvalue weighted by Gasteiger charge is 2.25. The molecule has 2 rings (SSSR count). The minimum absolute atomic E-state index is 0.568. The zero-order valence-electron chi connectivity index (χ0n) is 10.1. The summed E-state index contributed by atoms with van der Waals surface area (Å²) in [5.74, 6) is -0.110. The number of carboxylic acids is 1. The molecule has 1 fully saturated rings. The number of carboxylic acid groups (broad SMARTS) is 1. The van der Waals surface area contributed by atoms with Gasteiger partial charge in [0.05, 0.1) is 0 Å². The van der Waals surface area contributed by atoms with Crippen molar-refractivity contribution in [3.8, 4) is 0 Å². The van der Waals surface area contributed by atoms with Gasteiger partial charge in [0.1, 0.15) is 6.04 Å². The molecule has 0 heterocycles. The Morgan fingerprint density at radius 1 is 1.41 bits per heavy atom. The minimum atomic E-state index is -0.796. The molecule has 1 aliphatic rings. The lowest BCUT2D eigenvalue weighted by atomic mass is 10.0. The topological polar surface area (TPSA) is 49.3 Å². The Hall–Kier alpha value is -1.35. The number of nitrogens with one attached hydrogen (secondary N) is 1. The molecule has 3 nitrogen and oxygen atoms in total. The van der Waals surface area contributed by atoms with Gasteiger partial charge in [0.25, 0.3) is 0 Å². The molecule has 0 aromatic heterocycles. The molecule has 0 aliphatic heterocycles. The smallest absolute Gasteiger partial charge is 0.325 e. The van der Waals surface area contributed by atoms with Gasteiger partial charge in [-0.05, 0) is 42.9 Å². The first-order chi connectivity index (χ1) is 8.20. The molecule has 0 amide bonds. The highest BCUT2D eigenvalue weighted by atomic mass is 16.4. The van der Waals surface area contributed by atoms with Gasteiger partial charge in [-0.15, -0.1) is 0 Å². The molecular formula is C14H19NO2. The molecule has 2 N–H and O–H groups in total. The van der Waals surface area contributed by atoms with E-state index >= 15 is 0 Å². The van der Waals surface area contributed by atoms with E-state index in [0.717, 1.165) is 18.5 Å². The van der Waals surface area contributed by atoms with E-state index in [0.29, 0.717) is 5.92 Å². The lowest BCUT2D eigenvalue weighted by Crippen LogP contribution is -2.30. The fourth-order valence-corrected chi connectivity index (χ4v) is 1.90. The van der Waals surface area contributed by atoms with Crippen molar-refractivity contribution in [2.75, 3.05) is 6.54 Å². The van der Waals surface area contributed by atoms with E-state index in [-0.39, 0.29) is 0 Å². The van der Waals surface area contributed by atoms with Crippen molar-refractivity contribution in [3.63, 3.8) is 0 Å². The van der Waals surface area contributed by atoms with Crippen LogP contribution in [0.4, 0.5) is 0 Å². The number of aliphatic carboxylic acids is 1. The van der Waals surface area contributed by atoms with Crippen LogP contribution in [0.3, 0.4) is 0 Å². The van der Waals surface area contributed by atoms with E-state index in [9.17, 15) is 9.90 Å². The van der Waals surface area contributed by atoms with Gasteiger partial charge < -0.3 is 10.4 Å². The van der Waals surface area contributed by atoms with Crippen LogP contribution >= 0.6 is 0 Å². The second-order valence-corrected chi connectivity index (χ2v) is 4.72. The third kappa shape index (κ3) is 3.30. The highest BCUT2D eigenvalue weighted by Crippen LogP contribution is 2.28. The van der Waals surface area contributed by atoms with Crippen molar-refractivity contribution in [2.24, 2.45) is 5.92 Å². The van der Waals surface area contributed by atoms with Crippen molar-refractivity contribution < 1.29 is 9.90 Å². The fraction of sp³-hybridized carbons (Fsp3) is 0.500. The molecule has 1 saturated carbocycles. The maximum Gasteiger partial charge on any atom is 0.325 e. The zero-order valence-corrected chi connectivity index (χ0v) is 10.1. The average Bonchev–Trinajstić information content (AvgIpc) is 3.14. The van der Waals surface area contributed by atoms with Crippen LogP contribution in [0.25, 0.3) is 0 Å². The molecule has 92 valence electrons. The molecule has 1 unspecified atom stereocenters.